The molecule has 2 rings (SSSR count). The summed E-state index contributed by atoms with van der Waals surface area (Å²) in [6, 6.07) is 8.82. The lowest BCUT2D eigenvalue weighted by Gasteiger charge is -2.14. The maximum absolute atomic E-state index is 12.4. The third-order valence-electron chi connectivity index (χ3n) is 3.12. The summed E-state index contributed by atoms with van der Waals surface area (Å²) in [5.74, 6) is -0.219. The van der Waals surface area contributed by atoms with Gasteiger partial charge in [-0.3, -0.25) is 10.1 Å². The Morgan fingerprint density at radius 1 is 1.25 bits per heavy atom. The number of ether oxygens (including phenoxy) is 1. The first-order valence-electron chi connectivity index (χ1n) is 6.73. The van der Waals surface area contributed by atoms with Crippen molar-refractivity contribution in [1.82, 2.24) is 5.32 Å². The standard InChI is InChI=1S/C16H13Cl2IN2O2S/c1-8-5-10(19)3-4-13(8)20-16(24)21-15(22)11-6-9(17)7-12(18)14(11)23-2/h3-7H,1-2H3,(H2,20,21,22,24). The third-order valence-corrected chi connectivity index (χ3v) is 4.49. The number of hydrogen-bond donors (Lipinski definition) is 2. The van der Waals surface area contributed by atoms with Crippen LogP contribution >= 0.6 is 58.0 Å². The number of benzene rings is 2. The van der Waals surface area contributed by atoms with Crippen LogP contribution < -0.4 is 15.4 Å². The average molecular weight is 495 g/mol. The number of amides is 1. The summed E-state index contributed by atoms with van der Waals surface area (Å²) < 4.78 is 6.28. The van der Waals surface area contributed by atoms with Crippen molar-refractivity contribution in [1.29, 1.82) is 0 Å². The molecule has 0 atom stereocenters. The topological polar surface area (TPSA) is 50.4 Å². The number of halogens is 3. The molecule has 0 aliphatic rings. The number of nitrogens with one attached hydrogen (secondary N) is 2. The van der Waals surface area contributed by atoms with Gasteiger partial charge in [0.25, 0.3) is 5.91 Å². The number of carbonyl (C=O) groups is 1. The van der Waals surface area contributed by atoms with E-state index in [0.717, 1.165) is 14.8 Å². The van der Waals surface area contributed by atoms with Crippen molar-refractivity contribution in [3.63, 3.8) is 0 Å². The highest BCUT2D eigenvalue weighted by Gasteiger charge is 2.18. The van der Waals surface area contributed by atoms with Gasteiger partial charge in [-0.15, -0.1) is 0 Å². The molecule has 4 nitrogen and oxygen atoms in total. The van der Waals surface area contributed by atoms with Gasteiger partial charge in [-0.1, -0.05) is 23.2 Å². The van der Waals surface area contributed by atoms with Gasteiger partial charge in [0, 0.05) is 14.3 Å². The Hall–Kier alpha value is -1.09. The number of anilines is 1. The Morgan fingerprint density at radius 2 is 1.96 bits per heavy atom. The number of hydrogen-bond acceptors (Lipinski definition) is 3. The van der Waals surface area contributed by atoms with Crippen LogP contribution in [0.4, 0.5) is 5.69 Å². The van der Waals surface area contributed by atoms with Crippen molar-refractivity contribution in [2.75, 3.05) is 12.4 Å². The van der Waals surface area contributed by atoms with Gasteiger partial charge in [-0.2, -0.15) is 0 Å². The molecule has 0 aromatic heterocycles. The van der Waals surface area contributed by atoms with E-state index in [9.17, 15) is 4.79 Å². The number of aryl methyl sites for hydroxylation is 1. The monoisotopic (exact) mass is 494 g/mol. The summed E-state index contributed by atoms with van der Waals surface area (Å²) >= 11 is 19.4. The number of carbonyl (C=O) groups excluding carboxylic acids is 1. The molecule has 0 bridgehead atoms. The highest BCUT2D eigenvalue weighted by atomic mass is 127. The molecular weight excluding hydrogens is 482 g/mol. The molecule has 0 spiro atoms. The second-order valence-corrected chi connectivity index (χ2v) is 7.33. The highest BCUT2D eigenvalue weighted by molar-refractivity contribution is 14.1. The van der Waals surface area contributed by atoms with E-state index in [1.165, 1.54) is 19.2 Å². The van der Waals surface area contributed by atoms with Crippen molar-refractivity contribution in [2.24, 2.45) is 0 Å². The predicted octanol–water partition coefficient (Wildman–Crippen LogP) is 5.04. The molecule has 0 fully saturated rings. The molecular formula is C16H13Cl2IN2O2S. The average Bonchev–Trinajstić information content (AvgIpc) is 2.49. The van der Waals surface area contributed by atoms with E-state index in [1.54, 1.807) is 0 Å². The zero-order chi connectivity index (χ0) is 17.9. The van der Waals surface area contributed by atoms with Crippen LogP contribution in [0.5, 0.6) is 5.75 Å². The molecule has 0 aliphatic carbocycles. The van der Waals surface area contributed by atoms with Crippen molar-refractivity contribution in [3.05, 3.63) is 55.1 Å². The van der Waals surface area contributed by atoms with Crippen molar-refractivity contribution >= 4 is 74.7 Å². The number of thiocarbonyl (C=S) groups is 1. The minimum atomic E-state index is -0.461. The summed E-state index contributed by atoms with van der Waals surface area (Å²) in [5, 5.41) is 6.35. The first-order valence-corrected chi connectivity index (χ1v) is 8.97. The van der Waals surface area contributed by atoms with Gasteiger partial charge in [0.2, 0.25) is 0 Å². The minimum Gasteiger partial charge on any atom is -0.494 e. The first kappa shape index (κ1) is 19.2. The van der Waals surface area contributed by atoms with Crippen molar-refractivity contribution < 1.29 is 9.53 Å². The van der Waals surface area contributed by atoms with Gasteiger partial charge >= 0.3 is 0 Å². The lowest BCUT2D eigenvalue weighted by atomic mass is 10.2. The second kappa shape index (κ2) is 8.33. The Kier molecular flexibility index (Phi) is 6.68. The molecule has 0 unspecified atom stereocenters. The fourth-order valence-corrected chi connectivity index (χ4v) is 3.45. The zero-order valence-corrected chi connectivity index (χ0v) is 17.2. The molecule has 0 heterocycles. The molecule has 2 aromatic rings. The Bertz CT molecular complexity index is 815. The van der Waals surface area contributed by atoms with Gasteiger partial charge in [0.15, 0.2) is 5.11 Å². The lowest BCUT2D eigenvalue weighted by Crippen LogP contribution is -2.34. The van der Waals surface area contributed by atoms with Gasteiger partial charge in [-0.05, 0) is 77.6 Å². The molecule has 126 valence electrons. The summed E-state index contributed by atoms with van der Waals surface area (Å²) in [5.41, 5.74) is 2.04. The molecule has 24 heavy (non-hydrogen) atoms. The van der Waals surface area contributed by atoms with E-state index in [2.05, 4.69) is 33.2 Å². The summed E-state index contributed by atoms with van der Waals surface area (Å²) in [6.07, 6.45) is 0. The molecule has 0 radical (unpaired) electrons. The van der Waals surface area contributed by atoms with Gasteiger partial charge in [0.05, 0.1) is 17.7 Å². The summed E-state index contributed by atoms with van der Waals surface area (Å²) in [4.78, 5) is 12.4. The van der Waals surface area contributed by atoms with Crippen molar-refractivity contribution in [2.45, 2.75) is 6.92 Å². The van der Waals surface area contributed by atoms with Crippen LogP contribution in [0.3, 0.4) is 0 Å². The SMILES string of the molecule is COc1c(Cl)cc(Cl)cc1C(=O)NC(=S)Nc1ccc(I)cc1C. The molecule has 0 saturated heterocycles. The zero-order valence-electron chi connectivity index (χ0n) is 12.7. The smallest absolute Gasteiger partial charge is 0.261 e. The minimum absolute atomic E-state index is 0.169. The van der Waals surface area contributed by atoms with E-state index in [-0.39, 0.29) is 21.4 Å². The van der Waals surface area contributed by atoms with E-state index in [1.807, 2.05) is 25.1 Å². The fourth-order valence-electron chi connectivity index (χ4n) is 2.03. The molecule has 2 N–H and O–H groups in total. The van der Waals surface area contributed by atoms with Crippen LogP contribution in [0.25, 0.3) is 0 Å². The predicted molar refractivity (Wildman–Crippen MR) is 111 cm³/mol. The van der Waals surface area contributed by atoms with E-state index < -0.39 is 5.91 Å². The lowest BCUT2D eigenvalue weighted by molar-refractivity contribution is 0.0975. The molecule has 0 saturated carbocycles. The van der Waals surface area contributed by atoms with Crippen LogP contribution in [-0.4, -0.2) is 18.1 Å². The highest BCUT2D eigenvalue weighted by Crippen LogP contribution is 2.32. The molecule has 8 heteroatoms. The maximum Gasteiger partial charge on any atom is 0.261 e. The van der Waals surface area contributed by atoms with Gasteiger partial charge in [0.1, 0.15) is 5.75 Å². The largest absolute Gasteiger partial charge is 0.494 e. The second-order valence-electron chi connectivity index (χ2n) is 4.84. The third kappa shape index (κ3) is 4.72. The summed E-state index contributed by atoms with van der Waals surface area (Å²) in [7, 11) is 1.43. The maximum atomic E-state index is 12.4. The van der Waals surface area contributed by atoms with E-state index in [4.69, 9.17) is 40.2 Å². The summed E-state index contributed by atoms with van der Waals surface area (Å²) in [6.45, 7) is 1.95. The molecule has 1 amide bonds. The van der Waals surface area contributed by atoms with Gasteiger partial charge < -0.3 is 10.1 Å². The van der Waals surface area contributed by atoms with Crippen molar-refractivity contribution in [3.8, 4) is 5.75 Å². The number of methoxy groups -OCH3 is 1. The first-order chi connectivity index (χ1) is 11.3. The number of rotatable bonds is 3. The van der Waals surface area contributed by atoms with E-state index in [0.29, 0.717) is 5.02 Å². The quantitative estimate of drug-likeness (QED) is 0.463. The molecule has 0 aliphatic heterocycles. The molecule has 2 aromatic carbocycles. The fraction of sp³-hybridized carbons (Fsp3) is 0.125. The van der Waals surface area contributed by atoms with E-state index >= 15 is 0 Å². The Morgan fingerprint density at radius 3 is 2.58 bits per heavy atom. The van der Waals surface area contributed by atoms with Gasteiger partial charge in [-0.25, -0.2) is 0 Å². The Labute approximate surface area is 169 Å². The van der Waals surface area contributed by atoms with Crippen LogP contribution in [0.2, 0.25) is 10.0 Å². The van der Waals surface area contributed by atoms with Crippen LogP contribution in [0, 0.1) is 10.5 Å². The normalized spacial score (nSPS) is 10.2. The van der Waals surface area contributed by atoms with Crippen LogP contribution in [0.1, 0.15) is 15.9 Å². The van der Waals surface area contributed by atoms with Crippen LogP contribution in [-0.2, 0) is 0 Å². The van der Waals surface area contributed by atoms with Crippen LogP contribution in [0.15, 0.2) is 30.3 Å². The Balaban J connectivity index is 2.16.